The third-order valence-electron chi connectivity index (χ3n) is 23.9. The van der Waals surface area contributed by atoms with Crippen molar-refractivity contribution in [3.05, 3.63) is 58.7 Å². The number of fused-ring (bicyclic) bond motifs is 9. The van der Waals surface area contributed by atoms with Gasteiger partial charge in [-0.3, -0.25) is 14.4 Å². The number of aliphatic hydroxyl groups excluding tert-OH is 2. The Morgan fingerprint density at radius 1 is 0.667 bits per heavy atom. The Morgan fingerprint density at radius 2 is 1.21 bits per heavy atom. The van der Waals surface area contributed by atoms with Crippen LogP contribution >= 0.6 is 0 Å². The standard InChI is InChI=1S/C33H52O5.C31H48O3/c1-20(2)21(3)10-12-26(37-19-34)25-18-29(38-22(4)35)33(9)24-11-13-27-30(5,6)28(36)15-16-31(27,7)23(24)14-17-32(25,33)8;1-20(2)21(3)9-11-25(34-19-32)24-14-18-30(7)23-10-12-26-28(4,5)27(33)15-16-29(26,6)22(23)13-17-31(24,30)8/h19-20,25-29,36H,3,10-18H2,1-2,4-9H3;10,13,19-20,24-27,33H,3,9,11-12,14-18H2,1-2,4-8H3/t25-,26-,27+,28+,29+,31-,32-,33-;24-,25-,26+,27+,29-,30+,31-/m11/s1. The predicted molar refractivity (Wildman–Crippen MR) is 289 cm³/mol. The third-order valence-corrected chi connectivity index (χ3v) is 23.9. The lowest BCUT2D eigenvalue weighted by molar-refractivity contribution is -0.153. The highest BCUT2D eigenvalue weighted by Crippen LogP contribution is 2.74. The maximum atomic E-state index is 12.4. The molecular weight excluding hydrogens is 897 g/mol. The lowest BCUT2D eigenvalue weighted by atomic mass is 9.43. The summed E-state index contributed by atoms with van der Waals surface area (Å²) in [5, 5.41) is 21.7. The van der Waals surface area contributed by atoms with Gasteiger partial charge in [0.15, 0.2) is 0 Å². The van der Waals surface area contributed by atoms with E-state index in [0.717, 1.165) is 103 Å². The van der Waals surface area contributed by atoms with Crippen LogP contribution in [0.5, 0.6) is 0 Å². The van der Waals surface area contributed by atoms with Crippen LogP contribution in [0.1, 0.15) is 213 Å². The van der Waals surface area contributed by atoms with Crippen LogP contribution < -0.4 is 0 Å². The number of allylic oxidation sites excluding steroid dienone is 7. The number of hydrogen-bond acceptors (Lipinski definition) is 8. The minimum Gasteiger partial charge on any atom is -0.464 e. The van der Waals surface area contributed by atoms with Crippen molar-refractivity contribution in [2.75, 3.05) is 0 Å². The molecule has 8 aliphatic rings. The monoisotopic (exact) mass is 997 g/mol. The summed E-state index contributed by atoms with van der Waals surface area (Å²) in [4.78, 5) is 35.7. The zero-order valence-corrected chi connectivity index (χ0v) is 47.9. The van der Waals surface area contributed by atoms with E-state index in [2.05, 4.69) is 122 Å². The van der Waals surface area contributed by atoms with Crippen molar-refractivity contribution >= 4 is 18.9 Å². The van der Waals surface area contributed by atoms with Gasteiger partial charge < -0.3 is 24.4 Å². The van der Waals surface area contributed by atoms with Crippen molar-refractivity contribution in [2.24, 2.45) is 78.8 Å². The van der Waals surface area contributed by atoms with Gasteiger partial charge in [0.1, 0.15) is 18.3 Å². The molecule has 0 radical (unpaired) electrons. The fourth-order valence-corrected chi connectivity index (χ4v) is 18.4. The number of ether oxygens (including phenoxy) is 3. The Labute approximate surface area is 437 Å². The van der Waals surface area contributed by atoms with Crippen LogP contribution in [-0.2, 0) is 28.6 Å². The van der Waals surface area contributed by atoms with E-state index in [9.17, 15) is 24.6 Å². The second-order valence-electron chi connectivity index (χ2n) is 28.1. The van der Waals surface area contributed by atoms with Crippen LogP contribution in [0.25, 0.3) is 0 Å². The summed E-state index contributed by atoms with van der Waals surface area (Å²) in [5.74, 6) is 1.97. The molecule has 8 rings (SSSR count). The van der Waals surface area contributed by atoms with E-state index in [1.54, 1.807) is 16.7 Å². The van der Waals surface area contributed by atoms with Gasteiger partial charge in [0.25, 0.3) is 12.9 Å². The van der Waals surface area contributed by atoms with Crippen LogP contribution in [0.3, 0.4) is 0 Å². The van der Waals surface area contributed by atoms with Crippen molar-refractivity contribution in [2.45, 2.75) is 244 Å². The number of esters is 1. The van der Waals surface area contributed by atoms with Gasteiger partial charge in [-0.25, -0.2) is 0 Å². The van der Waals surface area contributed by atoms with Gasteiger partial charge >= 0.3 is 5.97 Å². The molecule has 15 atom stereocenters. The molecule has 4 fully saturated rings. The predicted octanol–water partition coefficient (Wildman–Crippen LogP) is 14.6. The zero-order chi connectivity index (χ0) is 53.4. The van der Waals surface area contributed by atoms with E-state index < -0.39 is 0 Å². The number of carbonyl (C=O) groups excluding carboxylic acids is 3. The molecule has 0 aliphatic heterocycles. The van der Waals surface area contributed by atoms with Crippen molar-refractivity contribution in [3.63, 3.8) is 0 Å². The summed E-state index contributed by atoms with van der Waals surface area (Å²) < 4.78 is 17.8. The van der Waals surface area contributed by atoms with Gasteiger partial charge in [-0.2, -0.15) is 0 Å². The molecule has 8 aliphatic carbocycles. The van der Waals surface area contributed by atoms with Crippen molar-refractivity contribution < 1.29 is 38.8 Å². The average molecular weight is 997 g/mol. The molecule has 404 valence electrons. The Bertz CT molecular complexity index is 2190. The van der Waals surface area contributed by atoms with E-state index in [4.69, 9.17) is 14.2 Å². The fraction of sp³-hybridized carbons (Fsp3) is 0.797. The molecule has 0 saturated heterocycles. The lowest BCUT2D eigenvalue weighted by Gasteiger charge is -2.62. The van der Waals surface area contributed by atoms with Gasteiger partial charge in [0.2, 0.25) is 0 Å². The first kappa shape index (κ1) is 56.8. The molecule has 2 N–H and O–H groups in total. The lowest BCUT2D eigenvalue weighted by Crippen LogP contribution is -2.56. The Morgan fingerprint density at radius 3 is 1.75 bits per heavy atom. The van der Waals surface area contributed by atoms with Crippen LogP contribution in [0.4, 0.5) is 0 Å². The van der Waals surface area contributed by atoms with E-state index >= 15 is 0 Å². The van der Waals surface area contributed by atoms with Gasteiger partial charge in [-0.05, 0) is 182 Å². The van der Waals surface area contributed by atoms with Crippen molar-refractivity contribution in [3.8, 4) is 0 Å². The molecule has 0 heterocycles. The van der Waals surface area contributed by atoms with Gasteiger partial charge in [0.05, 0.1) is 12.2 Å². The maximum absolute atomic E-state index is 12.4. The first-order valence-corrected chi connectivity index (χ1v) is 28.7. The van der Waals surface area contributed by atoms with Gasteiger partial charge in [0, 0.05) is 24.2 Å². The summed E-state index contributed by atoms with van der Waals surface area (Å²) in [6.45, 7) is 43.6. The van der Waals surface area contributed by atoms with Crippen LogP contribution in [-0.4, -0.2) is 59.6 Å². The van der Waals surface area contributed by atoms with Crippen molar-refractivity contribution in [1.82, 2.24) is 0 Å². The molecule has 0 amide bonds. The molecule has 72 heavy (non-hydrogen) atoms. The van der Waals surface area contributed by atoms with Gasteiger partial charge in [-0.15, -0.1) is 0 Å². The van der Waals surface area contributed by atoms with Crippen LogP contribution in [0.15, 0.2) is 58.7 Å². The first-order chi connectivity index (χ1) is 33.5. The topological polar surface area (TPSA) is 119 Å². The minimum atomic E-state index is -0.315. The number of rotatable bonds is 15. The summed E-state index contributed by atoms with van der Waals surface area (Å²) in [5.41, 5.74) is 8.26. The fourth-order valence-electron chi connectivity index (χ4n) is 18.4. The first-order valence-electron chi connectivity index (χ1n) is 28.7. The maximum Gasteiger partial charge on any atom is 0.302 e. The molecule has 4 saturated carbocycles. The molecular formula is C64H100O8. The molecule has 0 bridgehead atoms. The van der Waals surface area contributed by atoms with E-state index in [0.29, 0.717) is 49.0 Å². The summed E-state index contributed by atoms with van der Waals surface area (Å²) >= 11 is 0. The summed E-state index contributed by atoms with van der Waals surface area (Å²) in [6, 6.07) is 0. The van der Waals surface area contributed by atoms with Crippen LogP contribution in [0.2, 0.25) is 0 Å². The Hall–Kier alpha value is -2.97. The average Bonchev–Trinajstić information content (AvgIpc) is 3.72. The largest absolute Gasteiger partial charge is 0.464 e. The quantitative estimate of drug-likeness (QED) is 0.0721. The number of aliphatic hydroxyl groups is 2. The summed E-state index contributed by atoms with van der Waals surface area (Å²) in [6.07, 6.45) is 20.3. The highest BCUT2D eigenvalue weighted by molar-refractivity contribution is 5.66. The normalized spacial score (nSPS) is 41.0. The number of carbonyl (C=O) groups is 3. The molecule has 0 unspecified atom stereocenters. The van der Waals surface area contributed by atoms with Gasteiger partial charge in [-0.1, -0.05) is 145 Å². The SMILES string of the molecule is C=C(CC[C@@H](OC=O)[C@H]1CC[C@@]2(C)C3=CC[C@H]4C(C)(C)[C@@H](O)CC[C@]4(C)C3=CC[C@]12C)C(C)C.C=C(CC[C@@H](OC=O)[C@H]1C[C@H](OC(C)=O)[C@@]2(C)C3=C(CC[C@]12C)[C@@]1(C)CC[C@H](O)C(C)(C)[C@@H]1CC3)C(C)C. The van der Waals surface area contributed by atoms with E-state index in [1.807, 2.05) is 0 Å². The Balaban J connectivity index is 0.000000213. The molecule has 0 aromatic rings. The minimum absolute atomic E-state index is 0.0488. The molecule has 0 aromatic carbocycles. The smallest absolute Gasteiger partial charge is 0.302 e. The second-order valence-corrected chi connectivity index (χ2v) is 28.1. The highest BCUT2D eigenvalue weighted by Gasteiger charge is 2.69. The van der Waals surface area contributed by atoms with Crippen molar-refractivity contribution in [1.29, 1.82) is 0 Å². The third kappa shape index (κ3) is 8.92. The van der Waals surface area contributed by atoms with E-state index in [1.165, 1.54) is 23.6 Å². The molecule has 0 aromatic heterocycles. The second kappa shape index (κ2) is 20.2. The molecule has 8 heteroatoms. The summed E-state index contributed by atoms with van der Waals surface area (Å²) in [7, 11) is 0. The van der Waals surface area contributed by atoms with Crippen LogP contribution in [0, 0.1) is 78.8 Å². The molecule has 8 nitrogen and oxygen atoms in total. The number of hydrogen-bond donors (Lipinski definition) is 2. The highest BCUT2D eigenvalue weighted by atomic mass is 16.5. The van der Waals surface area contributed by atoms with E-state index in [-0.39, 0.29) is 85.7 Å². The molecule has 0 spiro atoms. The zero-order valence-electron chi connectivity index (χ0n) is 47.9. The Kier molecular flexibility index (Phi) is 15.9.